The quantitative estimate of drug-likeness (QED) is 0.838. The molecule has 22 heavy (non-hydrogen) atoms. The SMILES string of the molecule is CC[C@@H](C)[C@H](C(=O)NCc1ccc(C)cc1)c1ccccc1. The molecule has 0 radical (unpaired) electrons. The van der Waals surface area contributed by atoms with Crippen LogP contribution in [0.25, 0.3) is 0 Å². The number of carbonyl (C=O) groups excluding carboxylic acids is 1. The number of hydrogen-bond acceptors (Lipinski definition) is 1. The van der Waals surface area contributed by atoms with Gasteiger partial charge < -0.3 is 5.32 Å². The number of aryl methyl sites for hydroxylation is 1. The normalized spacial score (nSPS) is 13.4. The van der Waals surface area contributed by atoms with Gasteiger partial charge in [0.15, 0.2) is 0 Å². The van der Waals surface area contributed by atoms with Crippen molar-refractivity contribution in [1.82, 2.24) is 5.32 Å². The standard InChI is InChI=1S/C20H25NO/c1-4-16(3)19(18-8-6-5-7-9-18)20(22)21-14-17-12-10-15(2)11-13-17/h5-13,16,19H,4,14H2,1-3H3,(H,21,22)/t16-,19+/m1/s1. The molecule has 2 aromatic rings. The minimum Gasteiger partial charge on any atom is -0.351 e. The molecule has 0 aromatic heterocycles. The summed E-state index contributed by atoms with van der Waals surface area (Å²) < 4.78 is 0. The van der Waals surface area contributed by atoms with E-state index < -0.39 is 0 Å². The van der Waals surface area contributed by atoms with E-state index in [0.717, 1.165) is 17.5 Å². The average molecular weight is 295 g/mol. The van der Waals surface area contributed by atoms with Crippen LogP contribution in [0.3, 0.4) is 0 Å². The number of amides is 1. The lowest BCUT2D eigenvalue weighted by Crippen LogP contribution is -2.32. The third-order valence-corrected chi connectivity index (χ3v) is 4.24. The van der Waals surface area contributed by atoms with Crippen LogP contribution in [0.15, 0.2) is 54.6 Å². The Labute approximate surface area is 133 Å². The van der Waals surface area contributed by atoms with Crippen LogP contribution in [0, 0.1) is 12.8 Å². The van der Waals surface area contributed by atoms with Crippen molar-refractivity contribution in [3.63, 3.8) is 0 Å². The number of nitrogens with one attached hydrogen (secondary N) is 1. The van der Waals surface area contributed by atoms with Crippen molar-refractivity contribution < 1.29 is 4.79 Å². The molecule has 2 aromatic carbocycles. The predicted molar refractivity (Wildman–Crippen MR) is 91.7 cm³/mol. The second kappa shape index (κ2) is 7.79. The Morgan fingerprint density at radius 3 is 2.27 bits per heavy atom. The molecular weight excluding hydrogens is 270 g/mol. The van der Waals surface area contributed by atoms with Crippen LogP contribution in [-0.2, 0) is 11.3 Å². The molecule has 1 amide bonds. The Hall–Kier alpha value is -2.09. The van der Waals surface area contributed by atoms with E-state index in [2.05, 4.69) is 50.4 Å². The molecule has 2 heteroatoms. The van der Waals surface area contributed by atoms with Gasteiger partial charge in [0, 0.05) is 6.54 Å². The lowest BCUT2D eigenvalue weighted by atomic mass is 9.85. The zero-order valence-electron chi connectivity index (χ0n) is 13.7. The molecule has 0 saturated carbocycles. The van der Waals surface area contributed by atoms with Crippen LogP contribution in [0.2, 0.25) is 0 Å². The summed E-state index contributed by atoms with van der Waals surface area (Å²) in [6, 6.07) is 18.4. The summed E-state index contributed by atoms with van der Waals surface area (Å²) in [5, 5.41) is 3.09. The first-order valence-corrected chi connectivity index (χ1v) is 8.00. The van der Waals surface area contributed by atoms with Crippen LogP contribution in [0.5, 0.6) is 0 Å². The van der Waals surface area contributed by atoms with Gasteiger partial charge in [0.05, 0.1) is 5.92 Å². The summed E-state index contributed by atoms with van der Waals surface area (Å²) >= 11 is 0. The fourth-order valence-electron chi connectivity index (χ4n) is 2.64. The maximum atomic E-state index is 12.7. The Morgan fingerprint density at radius 2 is 1.68 bits per heavy atom. The minimum atomic E-state index is -0.0864. The zero-order valence-corrected chi connectivity index (χ0v) is 13.7. The van der Waals surface area contributed by atoms with Crippen LogP contribution in [0.1, 0.15) is 42.9 Å². The fourth-order valence-corrected chi connectivity index (χ4v) is 2.64. The highest BCUT2D eigenvalue weighted by Crippen LogP contribution is 2.27. The van der Waals surface area contributed by atoms with Gasteiger partial charge in [0.2, 0.25) is 5.91 Å². The van der Waals surface area contributed by atoms with Gasteiger partial charge in [-0.25, -0.2) is 0 Å². The van der Waals surface area contributed by atoms with E-state index in [9.17, 15) is 4.79 Å². The van der Waals surface area contributed by atoms with Crippen LogP contribution in [-0.4, -0.2) is 5.91 Å². The van der Waals surface area contributed by atoms with E-state index in [1.165, 1.54) is 5.56 Å². The third kappa shape index (κ3) is 4.20. The highest BCUT2D eigenvalue weighted by atomic mass is 16.1. The molecule has 0 fully saturated rings. The molecule has 2 rings (SSSR count). The van der Waals surface area contributed by atoms with E-state index >= 15 is 0 Å². The van der Waals surface area contributed by atoms with Gasteiger partial charge in [-0.1, -0.05) is 80.4 Å². The van der Waals surface area contributed by atoms with Crippen molar-refractivity contribution in [3.8, 4) is 0 Å². The summed E-state index contributed by atoms with van der Waals surface area (Å²) in [7, 11) is 0. The van der Waals surface area contributed by atoms with E-state index in [1.54, 1.807) is 0 Å². The fraction of sp³-hybridized carbons (Fsp3) is 0.350. The number of benzene rings is 2. The first-order valence-electron chi connectivity index (χ1n) is 8.00. The molecule has 0 saturated heterocycles. The molecule has 1 N–H and O–H groups in total. The lowest BCUT2D eigenvalue weighted by molar-refractivity contribution is -0.123. The largest absolute Gasteiger partial charge is 0.351 e. The summed E-state index contributed by atoms with van der Waals surface area (Å²) in [5.74, 6) is 0.346. The van der Waals surface area contributed by atoms with Crippen molar-refractivity contribution in [1.29, 1.82) is 0 Å². The molecule has 2 nitrogen and oxygen atoms in total. The van der Waals surface area contributed by atoms with Gasteiger partial charge in [-0.3, -0.25) is 4.79 Å². The van der Waals surface area contributed by atoms with Crippen molar-refractivity contribution in [2.45, 2.75) is 39.7 Å². The van der Waals surface area contributed by atoms with Gasteiger partial charge in [-0.2, -0.15) is 0 Å². The maximum Gasteiger partial charge on any atom is 0.228 e. The summed E-state index contributed by atoms with van der Waals surface area (Å²) in [6.45, 7) is 6.92. The number of rotatable bonds is 6. The second-order valence-electron chi connectivity index (χ2n) is 5.98. The molecule has 0 aliphatic heterocycles. The van der Waals surface area contributed by atoms with Gasteiger partial charge >= 0.3 is 0 Å². The van der Waals surface area contributed by atoms with E-state index in [4.69, 9.17) is 0 Å². The first-order chi connectivity index (χ1) is 10.6. The van der Waals surface area contributed by atoms with Crippen LogP contribution in [0.4, 0.5) is 0 Å². The van der Waals surface area contributed by atoms with Crippen LogP contribution < -0.4 is 5.32 Å². The summed E-state index contributed by atoms with van der Waals surface area (Å²) in [4.78, 5) is 12.7. The van der Waals surface area contributed by atoms with Gasteiger partial charge in [0.25, 0.3) is 0 Å². The minimum absolute atomic E-state index is 0.0864. The van der Waals surface area contributed by atoms with Crippen molar-refractivity contribution in [3.05, 3.63) is 71.3 Å². The summed E-state index contributed by atoms with van der Waals surface area (Å²) in [5.41, 5.74) is 3.46. The smallest absolute Gasteiger partial charge is 0.228 e. The number of carbonyl (C=O) groups is 1. The Kier molecular flexibility index (Phi) is 5.76. The third-order valence-electron chi connectivity index (χ3n) is 4.24. The zero-order chi connectivity index (χ0) is 15.9. The molecule has 2 atom stereocenters. The first kappa shape index (κ1) is 16.3. The van der Waals surface area contributed by atoms with Gasteiger partial charge in [0.1, 0.15) is 0 Å². The second-order valence-corrected chi connectivity index (χ2v) is 5.98. The highest BCUT2D eigenvalue weighted by molar-refractivity contribution is 5.83. The van der Waals surface area contributed by atoms with Crippen LogP contribution >= 0.6 is 0 Å². The molecule has 0 spiro atoms. The van der Waals surface area contributed by atoms with E-state index in [0.29, 0.717) is 12.5 Å². The van der Waals surface area contributed by atoms with E-state index in [1.807, 2.05) is 30.3 Å². The molecule has 0 bridgehead atoms. The van der Waals surface area contributed by atoms with Crippen molar-refractivity contribution >= 4 is 5.91 Å². The topological polar surface area (TPSA) is 29.1 Å². The Balaban J connectivity index is 2.07. The molecule has 0 heterocycles. The average Bonchev–Trinajstić information content (AvgIpc) is 2.55. The Morgan fingerprint density at radius 1 is 1.05 bits per heavy atom. The lowest BCUT2D eigenvalue weighted by Gasteiger charge is -2.23. The Bertz CT molecular complexity index is 589. The molecule has 0 unspecified atom stereocenters. The molecule has 0 aliphatic rings. The number of hydrogen-bond donors (Lipinski definition) is 1. The molecular formula is C20H25NO. The van der Waals surface area contributed by atoms with Crippen molar-refractivity contribution in [2.75, 3.05) is 0 Å². The highest BCUT2D eigenvalue weighted by Gasteiger charge is 2.25. The van der Waals surface area contributed by atoms with Gasteiger partial charge in [-0.15, -0.1) is 0 Å². The molecule has 116 valence electrons. The monoisotopic (exact) mass is 295 g/mol. The van der Waals surface area contributed by atoms with Gasteiger partial charge in [-0.05, 0) is 24.0 Å². The molecule has 0 aliphatic carbocycles. The maximum absolute atomic E-state index is 12.7. The van der Waals surface area contributed by atoms with E-state index in [-0.39, 0.29) is 11.8 Å². The predicted octanol–water partition coefficient (Wildman–Crippen LogP) is 4.44. The summed E-state index contributed by atoms with van der Waals surface area (Å²) in [6.07, 6.45) is 0.984. The van der Waals surface area contributed by atoms with Crippen molar-refractivity contribution in [2.24, 2.45) is 5.92 Å².